The van der Waals surface area contributed by atoms with Crippen LogP contribution in [0, 0.1) is 0 Å². The molecule has 1 N–H and O–H groups in total. The molecule has 1 aliphatic heterocycles. The Labute approximate surface area is 170 Å². The van der Waals surface area contributed by atoms with Crippen molar-refractivity contribution in [3.8, 4) is 17.4 Å². The van der Waals surface area contributed by atoms with E-state index in [9.17, 15) is 18.0 Å². The highest BCUT2D eigenvalue weighted by atomic mass is 19.4. The van der Waals surface area contributed by atoms with Crippen LogP contribution in [-0.4, -0.2) is 17.5 Å². The molecule has 1 atom stereocenters. The molecule has 154 valence electrons. The van der Waals surface area contributed by atoms with Gasteiger partial charge in [-0.25, -0.2) is 4.98 Å². The van der Waals surface area contributed by atoms with Crippen LogP contribution < -0.4 is 14.8 Å². The third kappa shape index (κ3) is 4.37. The number of carbonyl (C=O) groups is 1. The maximum atomic E-state index is 12.6. The molecular weight excluding hydrogens is 397 g/mol. The zero-order valence-corrected chi connectivity index (χ0v) is 15.6. The number of carbonyl (C=O) groups excluding carboxylic acids is 1. The lowest BCUT2D eigenvalue weighted by Crippen LogP contribution is -2.32. The zero-order chi connectivity index (χ0) is 21.1. The molecule has 5 nitrogen and oxygen atoms in total. The fourth-order valence-corrected chi connectivity index (χ4v) is 3.14. The van der Waals surface area contributed by atoms with Crippen molar-refractivity contribution in [1.82, 2.24) is 10.3 Å². The van der Waals surface area contributed by atoms with E-state index in [0.717, 1.165) is 23.4 Å². The molecule has 2 heterocycles. The number of ether oxygens (including phenoxy) is 2. The fourth-order valence-electron chi connectivity index (χ4n) is 3.14. The van der Waals surface area contributed by atoms with Gasteiger partial charge in [0.05, 0.1) is 18.2 Å². The number of para-hydroxylation sites is 1. The van der Waals surface area contributed by atoms with E-state index in [1.807, 2.05) is 24.3 Å². The van der Waals surface area contributed by atoms with Gasteiger partial charge in [0.25, 0.3) is 5.91 Å². The van der Waals surface area contributed by atoms with Crippen LogP contribution in [0.3, 0.4) is 0 Å². The van der Waals surface area contributed by atoms with Crippen molar-refractivity contribution in [3.63, 3.8) is 0 Å². The average Bonchev–Trinajstić information content (AvgIpc) is 2.74. The molecule has 4 rings (SSSR count). The topological polar surface area (TPSA) is 60.5 Å². The first kappa shape index (κ1) is 19.8. The second-order valence-electron chi connectivity index (χ2n) is 6.71. The normalized spacial score (nSPS) is 15.6. The predicted octanol–water partition coefficient (Wildman–Crippen LogP) is 5.15. The Hall–Kier alpha value is -3.55. The number of amides is 1. The number of alkyl halides is 3. The molecule has 1 aromatic heterocycles. The van der Waals surface area contributed by atoms with Gasteiger partial charge in [0.15, 0.2) is 0 Å². The van der Waals surface area contributed by atoms with Gasteiger partial charge in [-0.15, -0.1) is 0 Å². The number of halogens is 3. The van der Waals surface area contributed by atoms with Crippen molar-refractivity contribution in [2.24, 2.45) is 0 Å². The van der Waals surface area contributed by atoms with Crippen LogP contribution in [0.2, 0.25) is 0 Å². The molecule has 0 bridgehead atoms. The van der Waals surface area contributed by atoms with Crippen LogP contribution in [0.4, 0.5) is 13.2 Å². The summed E-state index contributed by atoms with van der Waals surface area (Å²) in [5, 5.41) is 3.00. The van der Waals surface area contributed by atoms with Crippen LogP contribution in [0.1, 0.15) is 33.9 Å². The molecule has 2 aromatic carbocycles. The van der Waals surface area contributed by atoms with E-state index in [1.54, 1.807) is 24.3 Å². The monoisotopic (exact) mass is 414 g/mol. The van der Waals surface area contributed by atoms with Crippen molar-refractivity contribution in [3.05, 3.63) is 83.6 Å². The molecule has 30 heavy (non-hydrogen) atoms. The molecule has 0 saturated carbocycles. The Morgan fingerprint density at radius 1 is 1.07 bits per heavy atom. The van der Waals surface area contributed by atoms with Crippen molar-refractivity contribution < 1.29 is 27.4 Å². The van der Waals surface area contributed by atoms with Gasteiger partial charge in [0, 0.05) is 29.8 Å². The molecule has 0 unspecified atom stereocenters. The second-order valence-corrected chi connectivity index (χ2v) is 6.71. The summed E-state index contributed by atoms with van der Waals surface area (Å²) in [5.41, 5.74) is 0.522. The largest absolute Gasteiger partial charge is 0.493 e. The minimum absolute atomic E-state index is 0.0269. The molecule has 0 fully saturated rings. The Morgan fingerprint density at radius 2 is 1.83 bits per heavy atom. The van der Waals surface area contributed by atoms with Crippen LogP contribution >= 0.6 is 0 Å². The third-order valence-corrected chi connectivity index (χ3v) is 4.67. The van der Waals surface area contributed by atoms with Gasteiger partial charge < -0.3 is 14.8 Å². The van der Waals surface area contributed by atoms with E-state index in [1.165, 1.54) is 0 Å². The zero-order valence-electron chi connectivity index (χ0n) is 15.6. The Bertz CT molecular complexity index is 1030. The van der Waals surface area contributed by atoms with Crippen molar-refractivity contribution >= 4 is 5.91 Å². The van der Waals surface area contributed by atoms with E-state index < -0.39 is 11.7 Å². The number of nitrogens with one attached hydrogen (secondary N) is 1. The second kappa shape index (κ2) is 8.06. The number of rotatable bonds is 4. The molecule has 3 aromatic rings. The van der Waals surface area contributed by atoms with E-state index in [-0.39, 0.29) is 17.8 Å². The average molecular weight is 414 g/mol. The van der Waals surface area contributed by atoms with Crippen LogP contribution in [0.15, 0.2) is 66.9 Å². The summed E-state index contributed by atoms with van der Waals surface area (Å²) in [6, 6.07) is 15.8. The Balaban J connectivity index is 1.41. The fraction of sp³-hybridized carbons (Fsp3) is 0.182. The van der Waals surface area contributed by atoms with Crippen LogP contribution in [0.25, 0.3) is 0 Å². The SMILES string of the molecule is O=C(N[C@@H]1CCOc2ccccc21)c1ccc(Oc2ccc(C(F)(F)F)cn2)cc1. The third-order valence-electron chi connectivity index (χ3n) is 4.67. The minimum Gasteiger partial charge on any atom is -0.493 e. The van der Waals surface area contributed by atoms with Crippen molar-refractivity contribution in [1.29, 1.82) is 0 Å². The summed E-state index contributed by atoms with van der Waals surface area (Å²) < 4.78 is 48.8. The summed E-state index contributed by atoms with van der Waals surface area (Å²) >= 11 is 0. The van der Waals surface area contributed by atoms with Crippen molar-refractivity contribution in [2.45, 2.75) is 18.6 Å². The number of benzene rings is 2. The molecule has 1 amide bonds. The van der Waals surface area contributed by atoms with Gasteiger partial charge in [-0.05, 0) is 36.4 Å². The minimum atomic E-state index is -4.45. The number of hydrogen-bond donors (Lipinski definition) is 1. The van der Waals surface area contributed by atoms with Gasteiger partial charge in [0.1, 0.15) is 11.5 Å². The van der Waals surface area contributed by atoms with E-state index in [4.69, 9.17) is 9.47 Å². The van der Waals surface area contributed by atoms with Gasteiger partial charge in [-0.2, -0.15) is 13.2 Å². The number of pyridine rings is 1. The molecule has 1 aliphatic rings. The Kier molecular flexibility index (Phi) is 5.31. The lowest BCUT2D eigenvalue weighted by molar-refractivity contribution is -0.137. The van der Waals surface area contributed by atoms with Gasteiger partial charge in [-0.3, -0.25) is 4.79 Å². The van der Waals surface area contributed by atoms with Gasteiger partial charge in [-0.1, -0.05) is 18.2 Å². The first-order chi connectivity index (χ1) is 14.4. The highest BCUT2D eigenvalue weighted by molar-refractivity contribution is 5.94. The molecule has 0 radical (unpaired) electrons. The Morgan fingerprint density at radius 3 is 2.53 bits per heavy atom. The maximum absolute atomic E-state index is 12.6. The maximum Gasteiger partial charge on any atom is 0.417 e. The standard InChI is InChI=1S/C22H17F3N2O3/c23-22(24,25)15-7-10-20(26-13-15)30-16-8-5-14(6-9-16)21(28)27-18-11-12-29-19-4-2-1-3-17(18)19/h1-10,13,18H,11-12H2,(H,27,28)/t18-/m1/s1. The lowest BCUT2D eigenvalue weighted by Gasteiger charge is -2.26. The summed E-state index contributed by atoms with van der Waals surface area (Å²) in [6.45, 7) is 0.523. The van der Waals surface area contributed by atoms with E-state index in [2.05, 4.69) is 10.3 Å². The number of nitrogens with zero attached hydrogens (tertiary/aromatic N) is 1. The molecule has 0 saturated heterocycles. The summed E-state index contributed by atoms with van der Waals surface area (Å²) in [7, 11) is 0. The highest BCUT2D eigenvalue weighted by Gasteiger charge is 2.30. The molecule has 8 heteroatoms. The van der Waals surface area contributed by atoms with E-state index in [0.29, 0.717) is 30.5 Å². The summed E-state index contributed by atoms with van der Waals surface area (Å²) in [5.74, 6) is 0.909. The van der Waals surface area contributed by atoms with Crippen LogP contribution in [-0.2, 0) is 6.18 Å². The predicted molar refractivity (Wildman–Crippen MR) is 103 cm³/mol. The van der Waals surface area contributed by atoms with E-state index >= 15 is 0 Å². The van der Waals surface area contributed by atoms with Gasteiger partial charge in [0.2, 0.25) is 5.88 Å². The summed E-state index contributed by atoms with van der Waals surface area (Å²) in [6.07, 6.45) is -3.07. The molecule has 0 aliphatic carbocycles. The number of fused-ring (bicyclic) bond motifs is 1. The smallest absolute Gasteiger partial charge is 0.417 e. The molecular formula is C22H17F3N2O3. The summed E-state index contributed by atoms with van der Waals surface area (Å²) in [4.78, 5) is 16.3. The first-order valence-electron chi connectivity index (χ1n) is 9.24. The lowest BCUT2D eigenvalue weighted by atomic mass is 10.00. The first-order valence-corrected chi connectivity index (χ1v) is 9.24. The molecule has 0 spiro atoms. The van der Waals surface area contributed by atoms with Crippen molar-refractivity contribution in [2.75, 3.05) is 6.61 Å². The number of hydrogen-bond acceptors (Lipinski definition) is 4. The quantitative estimate of drug-likeness (QED) is 0.642. The number of aromatic nitrogens is 1. The highest BCUT2D eigenvalue weighted by Crippen LogP contribution is 2.32. The van der Waals surface area contributed by atoms with Gasteiger partial charge >= 0.3 is 6.18 Å². The van der Waals surface area contributed by atoms with Crippen LogP contribution in [0.5, 0.6) is 17.4 Å².